The average Bonchev–Trinajstić information content (AvgIpc) is 3.03. The number of anilines is 1. The molecule has 0 aliphatic heterocycles. The molecule has 0 amide bonds. The van der Waals surface area contributed by atoms with Crippen molar-refractivity contribution >= 4 is 15.7 Å². The van der Waals surface area contributed by atoms with Crippen LogP contribution >= 0.6 is 0 Å². The van der Waals surface area contributed by atoms with Crippen molar-refractivity contribution < 1.29 is 12.8 Å². The van der Waals surface area contributed by atoms with E-state index in [1.54, 1.807) is 30.6 Å². The lowest BCUT2D eigenvalue weighted by atomic mass is 10.2. The Morgan fingerprint density at radius 1 is 1.21 bits per heavy atom. The number of hydrogen-bond donors (Lipinski definition) is 1. The lowest BCUT2D eigenvalue weighted by molar-refractivity contribution is 0.570. The zero-order valence-electron chi connectivity index (χ0n) is 12.1. The smallest absolute Gasteiger partial charge is 0.264 e. The van der Waals surface area contributed by atoms with Gasteiger partial charge in [0.2, 0.25) is 0 Å². The fourth-order valence-corrected chi connectivity index (χ4v) is 3.10. The first-order valence-corrected chi connectivity index (χ1v) is 8.15. The highest BCUT2D eigenvalue weighted by atomic mass is 32.2. The quantitative estimate of drug-likeness (QED) is 0.781. The van der Waals surface area contributed by atoms with Gasteiger partial charge < -0.3 is 0 Å². The van der Waals surface area contributed by atoms with Crippen LogP contribution in [-0.2, 0) is 10.0 Å². The van der Waals surface area contributed by atoms with Gasteiger partial charge in [-0.2, -0.15) is 10.4 Å². The van der Waals surface area contributed by atoms with E-state index in [-0.39, 0.29) is 11.3 Å². The van der Waals surface area contributed by atoms with Gasteiger partial charge in [-0.25, -0.2) is 17.5 Å². The largest absolute Gasteiger partial charge is 0.276 e. The van der Waals surface area contributed by atoms with Crippen molar-refractivity contribution in [1.82, 2.24) is 14.8 Å². The van der Waals surface area contributed by atoms with Gasteiger partial charge in [0.25, 0.3) is 10.0 Å². The van der Waals surface area contributed by atoms with Crippen LogP contribution < -0.4 is 4.72 Å². The monoisotopic (exact) mass is 343 g/mol. The third-order valence-corrected chi connectivity index (χ3v) is 4.53. The molecule has 120 valence electrons. The standard InChI is InChI=1S/C15H10FN5O2S/c16-14-7-11(8-17)1-2-15(14)24(22,23)20-12-9-19-21(10-12)13-3-5-18-6-4-13/h1-7,9-10,20H. The van der Waals surface area contributed by atoms with E-state index < -0.39 is 20.7 Å². The summed E-state index contributed by atoms with van der Waals surface area (Å²) in [5.41, 5.74) is 0.910. The Kier molecular flexibility index (Phi) is 3.97. The molecule has 0 unspecified atom stereocenters. The Hall–Kier alpha value is -3.25. The predicted octanol–water partition coefficient (Wildman–Crippen LogP) is 2.08. The van der Waals surface area contributed by atoms with Gasteiger partial charge in [-0.05, 0) is 30.3 Å². The molecule has 0 aliphatic rings. The molecule has 2 aromatic heterocycles. The molecule has 0 atom stereocenters. The van der Waals surface area contributed by atoms with Crippen LogP contribution in [0.3, 0.4) is 0 Å². The van der Waals surface area contributed by atoms with Crippen LogP contribution in [-0.4, -0.2) is 23.2 Å². The second-order valence-electron chi connectivity index (χ2n) is 4.74. The topological polar surface area (TPSA) is 101 Å². The number of aromatic nitrogens is 3. The molecule has 24 heavy (non-hydrogen) atoms. The Balaban J connectivity index is 1.88. The molecule has 2 heterocycles. The van der Waals surface area contributed by atoms with Gasteiger partial charge in [0.15, 0.2) is 0 Å². The zero-order valence-corrected chi connectivity index (χ0v) is 12.9. The van der Waals surface area contributed by atoms with Crippen molar-refractivity contribution in [2.75, 3.05) is 4.72 Å². The minimum Gasteiger partial charge on any atom is -0.276 e. The summed E-state index contributed by atoms with van der Waals surface area (Å²) in [5, 5.41) is 12.7. The van der Waals surface area contributed by atoms with Crippen LogP contribution in [0.15, 0.2) is 60.0 Å². The Bertz CT molecular complexity index is 1030. The fraction of sp³-hybridized carbons (Fsp3) is 0. The number of pyridine rings is 1. The first kappa shape index (κ1) is 15.6. The molecule has 3 aromatic rings. The van der Waals surface area contributed by atoms with E-state index >= 15 is 0 Å². The molecule has 0 saturated carbocycles. The van der Waals surface area contributed by atoms with Gasteiger partial charge >= 0.3 is 0 Å². The van der Waals surface area contributed by atoms with Crippen molar-refractivity contribution in [2.45, 2.75) is 4.90 Å². The maximum absolute atomic E-state index is 13.9. The van der Waals surface area contributed by atoms with Crippen molar-refractivity contribution in [3.8, 4) is 11.8 Å². The summed E-state index contributed by atoms with van der Waals surface area (Å²) < 4.78 is 42.2. The van der Waals surface area contributed by atoms with Crippen molar-refractivity contribution in [3.05, 3.63) is 66.5 Å². The minimum absolute atomic E-state index is 0.0388. The van der Waals surface area contributed by atoms with Crippen LogP contribution in [0.1, 0.15) is 5.56 Å². The number of rotatable bonds is 4. The van der Waals surface area contributed by atoms with Crippen LogP contribution in [0.25, 0.3) is 5.69 Å². The highest BCUT2D eigenvalue weighted by Crippen LogP contribution is 2.20. The van der Waals surface area contributed by atoms with Crippen molar-refractivity contribution in [3.63, 3.8) is 0 Å². The molecule has 0 spiro atoms. The molecular formula is C15H10FN5O2S. The van der Waals surface area contributed by atoms with E-state index in [1.807, 2.05) is 0 Å². The van der Waals surface area contributed by atoms with Crippen molar-refractivity contribution in [1.29, 1.82) is 5.26 Å². The van der Waals surface area contributed by atoms with Gasteiger partial charge in [0, 0.05) is 12.4 Å². The molecule has 3 rings (SSSR count). The maximum atomic E-state index is 13.9. The molecule has 0 fully saturated rings. The SMILES string of the molecule is N#Cc1ccc(S(=O)(=O)Nc2cnn(-c3ccncc3)c2)c(F)c1. The predicted molar refractivity (Wildman–Crippen MR) is 83.3 cm³/mol. The molecule has 7 nitrogen and oxygen atoms in total. The first-order chi connectivity index (χ1) is 11.5. The van der Waals surface area contributed by atoms with Gasteiger partial charge in [-0.3, -0.25) is 9.71 Å². The summed E-state index contributed by atoms with van der Waals surface area (Å²) in [6.07, 6.45) is 5.91. The average molecular weight is 343 g/mol. The number of halogens is 1. The van der Waals surface area contributed by atoms with Gasteiger partial charge in [-0.15, -0.1) is 0 Å². The number of nitrogens with one attached hydrogen (secondary N) is 1. The third kappa shape index (κ3) is 3.09. The number of nitriles is 1. The molecule has 0 radical (unpaired) electrons. The van der Waals surface area contributed by atoms with E-state index in [0.29, 0.717) is 5.69 Å². The first-order valence-electron chi connectivity index (χ1n) is 6.67. The van der Waals surface area contributed by atoms with Gasteiger partial charge in [0.05, 0.1) is 35.4 Å². The molecule has 1 N–H and O–H groups in total. The zero-order chi connectivity index (χ0) is 17.2. The maximum Gasteiger partial charge on any atom is 0.264 e. The summed E-state index contributed by atoms with van der Waals surface area (Å²) >= 11 is 0. The number of sulfonamides is 1. The summed E-state index contributed by atoms with van der Waals surface area (Å²) in [6.45, 7) is 0. The van der Waals surface area contributed by atoms with Crippen LogP contribution in [0.4, 0.5) is 10.1 Å². The van der Waals surface area contributed by atoms with E-state index in [1.165, 1.54) is 23.1 Å². The van der Waals surface area contributed by atoms with E-state index in [0.717, 1.165) is 12.1 Å². The molecule has 0 aliphatic carbocycles. The number of hydrogen-bond acceptors (Lipinski definition) is 5. The second kappa shape index (κ2) is 6.10. The number of benzene rings is 1. The highest BCUT2D eigenvalue weighted by Gasteiger charge is 2.20. The second-order valence-corrected chi connectivity index (χ2v) is 6.39. The van der Waals surface area contributed by atoms with Crippen LogP contribution in [0.2, 0.25) is 0 Å². The summed E-state index contributed by atoms with van der Waals surface area (Å²) in [6, 6.07) is 8.29. The number of nitrogens with zero attached hydrogens (tertiary/aromatic N) is 4. The summed E-state index contributed by atoms with van der Waals surface area (Å²) in [4.78, 5) is 3.34. The molecule has 0 saturated heterocycles. The molecule has 1 aromatic carbocycles. The van der Waals surface area contributed by atoms with Gasteiger partial charge in [0.1, 0.15) is 10.7 Å². The summed E-state index contributed by atoms with van der Waals surface area (Å²) in [5.74, 6) is -0.997. The summed E-state index contributed by atoms with van der Waals surface area (Å²) in [7, 11) is -4.14. The van der Waals surface area contributed by atoms with Gasteiger partial charge in [-0.1, -0.05) is 0 Å². The fourth-order valence-electron chi connectivity index (χ4n) is 2.01. The van der Waals surface area contributed by atoms with Crippen molar-refractivity contribution in [2.24, 2.45) is 0 Å². The Labute approximate surface area is 137 Å². The lowest BCUT2D eigenvalue weighted by Gasteiger charge is -2.07. The molecule has 0 bridgehead atoms. The van der Waals surface area contributed by atoms with E-state index in [2.05, 4.69) is 14.8 Å². The van der Waals surface area contributed by atoms with E-state index in [9.17, 15) is 12.8 Å². The molecular weight excluding hydrogens is 333 g/mol. The minimum atomic E-state index is -4.14. The van der Waals surface area contributed by atoms with Crippen LogP contribution in [0.5, 0.6) is 0 Å². The third-order valence-electron chi connectivity index (χ3n) is 3.11. The van der Waals surface area contributed by atoms with Crippen LogP contribution in [0, 0.1) is 17.1 Å². The molecule has 9 heteroatoms. The normalized spacial score (nSPS) is 11.0. The highest BCUT2D eigenvalue weighted by molar-refractivity contribution is 7.92. The lowest BCUT2D eigenvalue weighted by Crippen LogP contribution is -2.14. The Morgan fingerprint density at radius 2 is 1.96 bits per heavy atom. The van der Waals surface area contributed by atoms with E-state index in [4.69, 9.17) is 5.26 Å². The Morgan fingerprint density at radius 3 is 2.62 bits per heavy atom.